The second-order valence-corrected chi connectivity index (χ2v) is 14.2. The van der Waals surface area contributed by atoms with Gasteiger partial charge in [0.1, 0.15) is 11.9 Å². The van der Waals surface area contributed by atoms with Crippen LogP contribution in [-0.4, -0.2) is 58.3 Å². The molecule has 2 aliphatic heterocycles. The Balaban J connectivity index is 1.08. The SMILES string of the molecule is Cc1n[nH]c(C)c1-c1ccc(NC(=O)[C@@H](NC(=O)C2(C)CC2)[C@@H]2CCCc3ccc(-c4ccnc(N5C[C@H]6C[C@@H]5CO6)c4)cc32)cc1. The molecule has 242 valence electrons. The molecule has 0 unspecified atom stereocenters. The molecule has 4 atom stereocenters. The largest absolute Gasteiger partial charge is 0.374 e. The van der Waals surface area contributed by atoms with Crippen LogP contribution >= 0.6 is 0 Å². The predicted octanol–water partition coefficient (Wildman–Crippen LogP) is 6.08. The summed E-state index contributed by atoms with van der Waals surface area (Å²) >= 11 is 0. The molecule has 0 spiro atoms. The molecule has 2 saturated heterocycles. The van der Waals surface area contributed by atoms with Gasteiger partial charge in [0.05, 0.1) is 24.4 Å². The number of amides is 2. The highest BCUT2D eigenvalue weighted by Gasteiger charge is 2.47. The number of hydrogen-bond donors (Lipinski definition) is 3. The number of morpholine rings is 1. The van der Waals surface area contributed by atoms with Crippen molar-refractivity contribution in [1.29, 1.82) is 0 Å². The maximum atomic E-state index is 14.2. The Morgan fingerprint density at radius 1 is 1.04 bits per heavy atom. The fourth-order valence-electron chi connectivity index (χ4n) is 7.79. The first-order valence-electron chi connectivity index (χ1n) is 17.0. The molecular formula is C38H42N6O3. The molecule has 1 saturated carbocycles. The van der Waals surface area contributed by atoms with Crippen molar-refractivity contribution in [1.82, 2.24) is 20.5 Å². The monoisotopic (exact) mass is 630 g/mol. The second kappa shape index (κ2) is 11.6. The normalized spacial score (nSPS) is 22.9. The molecule has 4 aliphatic rings. The number of aromatic amines is 1. The van der Waals surface area contributed by atoms with Crippen LogP contribution in [-0.2, 0) is 20.7 Å². The predicted molar refractivity (Wildman–Crippen MR) is 182 cm³/mol. The van der Waals surface area contributed by atoms with Crippen molar-refractivity contribution < 1.29 is 14.3 Å². The van der Waals surface area contributed by atoms with Gasteiger partial charge in [-0.15, -0.1) is 0 Å². The third-order valence-corrected chi connectivity index (χ3v) is 10.9. The van der Waals surface area contributed by atoms with Crippen molar-refractivity contribution in [2.75, 3.05) is 23.4 Å². The molecule has 4 heterocycles. The molecular weight excluding hydrogens is 588 g/mol. The van der Waals surface area contributed by atoms with Gasteiger partial charge in [-0.2, -0.15) is 5.10 Å². The molecule has 2 amide bonds. The summed E-state index contributed by atoms with van der Waals surface area (Å²) in [5, 5.41) is 13.7. The van der Waals surface area contributed by atoms with Gasteiger partial charge in [-0.25, -0.2) is 4.98 Å². The smallest absolute Gasteiger partial charge is 0.247 e. The van der Waals surface area contributed by atoms with Gasteiger partial charge in [-0.05, 0) is 104 Å². The van der Waals surface area contributed by atoms with Crippen molar-refractivity contribution in [3.05, 3.63) is 83.3 Å². The van der Waals surface area contributed by atoms with Crippen LogP contribution in [0.2, 0.25) is 0 Å². The summed E-state index contributed by atoms with van der Waals surface area (Å²) in [6.07, 6.45) is 7.69. The molecule has 2 aromatic heterocycles. The number of fused-ring (bicyclic) bond motifs is 3. The second-order valence-electron chi connectivity index (χ2n) is 14.2. The van der Waals surface area contributed by atoms with Crippen molar-refractivity contribution in [2.45, 2.75) is 83.4 Å². The number of nitrogens with zero attached hydrogens (tertiary/aromatic N) is 3. The molecule has 0 radical (unpaired) electrons. The highest BCUT2D eigenvalue weighted by Crippen LogP contribution is 2.46. The lowest BCUT2D eigenvalue weighted by molar-refractivity contribution is -0.130. The molecule has 2 aliphatic carbocycles. The fourth-order valence-corrected chi connectivity index (χ4v) is 7.79. The maximum Gasteiger partial charge on any atom is 0.247 e. The molecule has 9 heteroatoms. The summed E-state index contributed by atoms with van der Waals surface area (Å²) in [7, 11) is 0. The van der Waals surface area contributed by atoms with Crippen LogP contribution < -0.4 is 15.5 Å². The van der Waals surface area contributed by atoms with Crippen molar-refractivity contribution in [3.8, 4) is 22.3 Å². The van der Waals surface area contributed by atoms with E-state index in [4.69, 9.17) is 9.72 Å². The Labute approximate surface area is 275 Å². The number of aryl methyl sites for hydroxylation is 3. The van der Waals surface area contributed by atoms with Gasteiger partial charge in [0, 0.05) is 41.0 Å². The number of pyridine rings is 1. The molecule has 2 aromatic carbocycles. The van der Waals surface area contributed by atoms with Crippen LogP contribution in [0, 0.1) is 19.3 Å². The third kappa shape index (κ3) is 5.60. The van der Waals surface area contributed by atoms with Crippen LogP contribution in [0.5, 0.6) is 0 Å². The number of benzene rings is 2. The molecule has 47 heavy (non-hydrogen) atoms. The van der Waals surface area contributed by atoms with Crippen LogP contribution in [0.4, 0.5) is 11.5 Å². The average Bonchev–Trinajstić information content (AvgIpc) is 3.37. The summed E-state index contributed by atoms with van der Waals surface area (Å²) in [6, 6.07) is 18.4. The number of nitrogens with one attached hydrogen (secondary N) is 3. The molecule has 4 aromatic rings. The van der Waals surface area contributed by atoms with E-state index in [2.05, 4.69) is 56.1 Å². The molecule has 3 fully saturated rings. The summed E-state index contributed by atoms with van der Waals surface area (Å²) in [6.45, 7) is 7.62. The van der Waals surface area contributed by atoms with E-state index in [9.17, 15) is 9.59 Å². The number of hydrogen-bond acceptors (Lipinski definition) is 6. The highest BCUT2D eigenvalue weighted by atomic mass is 16.5. The van der Waals surface area contributed by atoms with Gasteiger partial charge in [-0.1, -0.05) is 37.3 Å². The number of H-pyrrole nitrogens is 1. The first-order valence-corrected chi connectivity index (χ1v) is 17.0. The van der Waals surface area contributed by atoms with Crippen molar-refractivity contribution in [3.63, 3.8) is 0 Å². The number of anilines is 2. The standard InChI is InChI=1S/C38H42N6O3/c1-22-34(23(2)43-42-22)25-9-11-28(12-10-25)40-36(45)35(41-37(46)38(3)14-15-38)31-6-4-5-24-7-8-26(17-32(24)31)27-13-16-39-33(18-27)44-20-30-19-29(44)21-47-30/h7-13,16-18,29-31,35H,4-6,14-15,19-21H2,1-3H3,(H,40,45)(H,41,46)(H,42,43)/t29-,30-,31-,35+/m1/s1. The summed E-state index contributed by atoms with van der Waals surface area (Å²) in [4.78, 5) is 34.7. The van der Waals surface area contributed by atoms with Gasteiger partial charge in [-0.3, -0.25) is 14.7 Å². The zero-order chi connectivity index (χ0) is 32.3. The number of rotatable bonds is 8. The zero-order valence-electron chi connectivity index (χ0n) is 27.3. The van der Waals surface area contributed by atoms with E-state index in [0.717, 1.165) is 96.7 Å². The topological polar surface area (TPSA) is 112 Å². The third-order valence-electron chi connectivity index (χ3n) is 10.9. The lowest BCUT2D eigenvalue weighted by Gasteiger charge is -2.33. The Bertz CT molecular complexity index is 1820. The van der Waals surface area contributed by atoms with Gasteiger partial charge >= 0.3 is 0 Å². The number of carbonyl (C=O) groups is 2. The minimum atomic E-state index is -0.694. The zero-order valence-corrected chi connectivity index (χ0v) is 27.3. The van der Waals surface area contributed by atoms with Gasteiger partial charge < -0.3 is 20.3 Å². The van der Waals surface area contributed by atoms with E-state index in [1.165, 1.54) is 5.56 Å². The Morgan fingerprint density at radius 2 is 1.83 bits per heavy atom. The summed E-state index contributed by atoms with van der Waals surface area (Å²) in [5.41, 5.74) is 8.94. The number of ether oxygens (including phenoxy) is 1. The van der Waals surface area contributed by atoms with E-state index in [0.29, 0.717) is 17.8 Å². The molecule has 9 nitrogen and oxygen atoms in total. The lowest BCUT2D eigenvalue weighted by Crippen LogP contribution is -2.50. The molecule has 8 rings (SSSR count). The van der Waals surface area contributed by atoms with Gasteiger partial charge in [0.25, 0.3) is 0 Å². The van der Waals surface area contributed by atoms with E-state index >= 15 is 0 Å². The van der Waals surface area contributed by atoms with Crippen LogP contribution in [0.15, 0.2) is 60.8 Å². The highest BCUT2D eigenvalue weighted by molar-refractivity contribution is 5.99. The van der Waals surface area contributed by atoms with Crippen LogP contribution in [0.25, 0.3) is 22.3 Å². The molecule has 3 N–H and O–H groups in total. The van der Waals surface area contributed by atoms with Crippen molar-refractivity contribution >= 4 is 23.3 Å². The van der Waals surface area contributed by atoms with Gasteiger partial charge in [0.2, 0.25) is 11.8 Å². The fraction of sp³-hybridized carbons (Fsp3) is 0.421. The van der Waals surface area contributed by atoms with E-state index in [1.807, 2.05) is 51.2 Å². The minimum absolute atomic E-state index is 0.0372. The Morgan fingerprint density at radius 3 is 2.53 bits per heavy atom. The number of aromatic nitrogens is 3. The van der Waals surface area contributed by atoms with E-state index < -0.39 is 11.5 Å². The molecule has 2 bridgehead atoms. The maximum absolute atomic E-state index is 14.2. The number of carbonyl (C=O) groups excluding carboxylic acids is 2. The lowest BCUT2D eigenvalue weighted by atomic mass is 9.77. The van der Waals surface area contributed by atoms with Gasteiger partial charge in [0.15, 0.2) is 0 Å². The van der Waals surface area contributed by atoms with Crippen molar-refractivity contribution in [2.24, 2.45) is 5.41 Å². The van der Waals surface area contributed by atoms with Crippen LogP contribution in [0.3, 0.4) is 0 Å². The average molecular weight is 631 g/mol. The Kier molecular flexibility index (Phi) is 7.39. The van der Waals surface area contributed by atoms with E-state index in [-0.39, 0.29) is 17.7 Å². The van der Waals surface area contributed by atoms with E-state index in [1.54, 1.807) is 0 Å². The first-order chi connectivity index (χ1) is 22.8. The summed E-state index contributed by atoms with van der Waals surface area (Å²) in [5.74, 6) is 0.615. The Hall–Kier alpha value is -4.50. The summed E-state index contributed by atoms with van der Waals surface area (Å²) < 4.78 is 5.82. The first kappa shape index (κ1) is 29.9. The quantitative estimate of drug-likeness (QED) is 0.218. The minimum Gasteiger partial charge on any atom is -0.374 e. The van der Waals surface area contributed by atoms with Crippen LogP contribution in [0.1, 0.15) is 67.5 Å².